The second-order valence-electron chi connectivity index (χ2n) is 4.49. The topological polar surface area (TPSA) is 63.2 Å². The maximum Gasteiger partial charge on any atom is 0.340 e. The van der Waals surface area contributed by atoms with Gasteiger partial charge in [-0.1, -0.05) is 0 Å². The van der Waals surface area contributed by atoms with Crippen molar-refractivity contribution in [2.45, 2.75) is 25.2 Å². The van der Waals surface area contributed by atoms with Crippen LogP contribution in [0.1, 0.15) is 12.8 Å². The second kappa shape index (κ2) is 12.1. The number of carbonyl (C=O) groups excluding carboxylic acids is 1. The molecule has 0 aliphatic carbocycles. The molecular weight excluding hydrogens is 377 g/mol. The number of carbonyl (C=O) groups is 1. The fourth-order valence-electron chi connectivity index (χ4n) is 1.42. The number of ether oxygens (including phenoxy) is 1. The summed E-state index contributed by atoms with van der Waals surface area (Å²) in [5.74, 6) is -4.68. The Kier molecular flexibility index (Phi) is 12.6. The normalized spacial score (nSPS) is 10.6. The van der Waals surface area contributed by atoms with E-state index in [9.17, 15) is 22.4 Å². The highest BCUT2D eigenvalue weighted by Crippen LogP contribution is 2.24. The van der Waals surface area contributed by atoms with E-state index in [2.05, 4.69) is 20.4 Å². The largest absolute Gasteiger partial charge is 0.471 e. The Labute approximate surface area is 149 Å². The molecule has 1 aromatic heterocycles. The molecule has 1 heterocycles. The standard InChI is InChI=1S/C13H17F4N3O2.2ClH/c1-18-6-2-3-10(21)20-9-4-5-11(19-7-9)22-8-13(16,17)12(14)15;;/h4-5,7,12,18H,2-3,6,8H2,1H3,(H,20,21);2*1H. The molecule has 1 aromatic rings. The third-order valence-corrected chi connectivity index (χ3v) is 2.58. The molecule has 2 N–H and O–H groups in total. The Balaban J connectivity index is 0. The molecule has 0 unspecified atom stereocenters. The first-order valence-corrected chi connectivity index (χ1v) is 6.54. The molecule has 11 heteroatoms. The van der Waals surface area contributed by atoms with Gasteiger partial charge in [0.1, 0.15) is 0 Å². The van der Waals surface area contributed by atoms with Crippen LogP contribution in [0.3, 0.4) is 0 Å². The van der Waals surface area contributed by atoms with Crippen molar-refractivity contribution in [2.24, 2.45) is 0 Å². The van der Waals surface area contributed by atoms with Crippen LogP contribution < -0.4 is 15.4 Å². The number of hydrogen-bond donors (Lipinski definition) is 2. The van der Waals surface area contributed by atoms with E-state index in [-0.39, 0.29) is 36.6 Å². The number of amides is 1. The first-order valence-electron chi connectivity index (χ1n) is 6.54. The fourth-order valence-corrected chi connectivity index (χ4v) is 1.42. The third-order valence-electron chi connectivity index (χ3n) is 2.58. The summed E-state index contributed by atoms with van der Waals surface area (Å²) in [4.78, 5) is 15.2. The van der Waals surface area contributed by atoms with E-state index in [4.69, 9.17) is 0 Å². The molecule has 24 heavy (non-hydrogen) atoms. The predicted molar refractivity (Wildman–Crippen MR) is 87.0 cm³/mol. The number of anilines is 1. The average molecular weight is 396 g/mol. The van der Waals surface area contributed by atoms with Crippen molar-refractivity contribution in [3.63, 3.8) is 0 Å². The summed E-state index contributed by atoms with van der Waals surface area (Å²) >= 11 is 0. The summed E-state index contributed by atoms with van der Waals surface area (Å²) in [7, 11) is 1.78. The highest BCUT2D eigenvalue weighted by atomic mass is 35.5. The van der Waals surface area contributed by atoms with Crippen LogP contribution >= 0.6 is 24.8 Å². The zero-order valence-electron chi connectivity index (χ0n) is 12.7. The number of nitrogens with one attached hydrogen (secondary N) is 2. The number of hydrogen-bond acceptors (Lipinski definition) is 4. The lowest BCUT2D eigenvalue weighted by atomic mass is 10.3. The molecular formula is C13H19Cl2F4N3O2. The van der Waals surface area contributed by atoms with Crippen LogP contribution in [0.5, 0.6) is 5.88 Å². The quantitative estimate of drug-likeness (QED) is 0.498. The van der Waals surface area contributed by atoms with Gasteiger partial charge in [-0.05, 0) is 26.1 Å². The van der Waals surface area contributed by atoms with Crippen molar-refractivity contribution >= 4 is 36.4 Å². The van der Waals surface area contributed by atoms with Gasteiger partial charge in [-0.25, -0.2) is 13.8 Å². The minimum Gasteiger partial charge on any atom is -0.471 e. The molecule has 1 rings (SSSR count). The van der Waals surface area contributed by atoms with Gasteiger partial charge in [0.2, 0.25) is 11.8 Å². The van der Waals surface area contributed by atoms with Gasteiger partial charge in [-0.15, -0.1) is 24.8 Å². The number of pyridine rings is 1. The SMILES string of the molecule is CNCCCC(=O)Nc1ccc(OCC(F)(F)C(F)F)nc1.Cl.Cl. The van der Waals surface area contributed by atoms with Crippen LogP contribution in [0.2, 0.25) is 0 Å². The number of alkyl halides is 4. The van der Waals surface area contributed by atoms with Crippen LogP contribution in [-0.4, -0.2) is 43.4 Å². The number of aromatic nitrogens is 1. The van der Waals surface area contributed by atoms with E-state index in [1.807, 2.05) is 0 Å². The monoisotopic (exact) mass is 395 g/mol. The van der Waals surface area contributed by atoms with Gasteiger partial charge in [-0.3, -0.25) is 4.79 Å². The minimum absolute atomic E-state index is 0. The molecule has 0 aliphatic heterocycles. The van der Waals surface area contributed by atoms with Gasteiger partial charge >= 0.3 is 12.3 Å². The van der Waals surface area contributed by atoms with Crippen molar-refractivity contribution in [3.8, 4) is 5.88 Å². The second-order valence-corrected chi connectivity index (χ2v) is 4.49. The summed E-state index contributed by atoms with van der Waals surface area (Å²) in [6, 6.07) is 2.60. The van der Waals surface area contributed by atoms with E-state index in [1.165, 1.54) is 18.3 Å². The maximum absolute atomic E-state index is 12.7. The highest BCUT2D eigenvalue weighted by molar-refractivity contribution is 5.90. The molecule has 0 fully saturated rings. The van der Waals surface area contributed by atoms with Crippen molar-refractivity contribution < 1.29 is 27.1 Å². The van der Waals surface area contributed by atoms with Crippen LogP contribution in [0.15, 0.2) is 18.3 Å². The molecule has 0 aromatic carbocycles. The van der Waals surface area contributed by atoms with Crippen LogP contribution in [0, 0.1) is 0 Å². The molecule has 1 amide bonds. The van der Waals surface area contributed by atoms with Crippen LogP contribution in [0.4, 0.5) is 23.2 Å². The summed E-state index contributed by atoms with van der Waals surface area (Å²) in [6.45, 7) is -0.760. The van der Waals surface area contributed by atoms with E-state index in [1.54, 1.807) is 7.05 Å². The third kappa shape index (κ3) is 9.09. The van der Waals surface area contributed by atoms with E-state index < -0.39 is 19.0 Å². The van der Waals surface area contributed by atoms with Gasteiger partial charge in [-0.2, -0.15) is 8.78 Å². The van der Waals surface area contributed by atoms with Gasteiger partial charge < -0.3 is 15.4 Å². The Bertz CT molecular complexity index is 479. The van der Waals surface area contributed by atoms with Gasteiger partial charge in [0.15, 0.2) is 6.61 Å². The molecule has 0 aliphatic rings. The van der Waals surface area contributed by atoms with Crippen molar-refractivity contribution in [2.75, 3.05) is 25.5 Å². The molecule has 0 saturated carbocycles. The lowest BCUT2D eigenvalue weighted by Crippen LogP contribution is -2.33. The zero-order chi connectivity index (χ0) is 16.6. The Morgan fingerprint density at radius 2 is 2.00 bits per heavy atom. The highest BCUT2D eigenvalue weighted by Gasteiger charge is 2.41. The maximum atomic E-state index is 12.7. The van der Waals surface area contributed by atoms with Gasteiger partial charge in [0.05, 0.1) is 11.9 Å². The first-order chi connectivity index (χ1) is 10.3. The average Bonchev–Trinajstić information content (AvgIpc) is 2.47. The fraction of sp³-hybridized carbons (Fsp3) is 0.538. The lowest BCUT2D eigenvalue weighted by molar-refractivity contribution is -0.148. The van der Waals surface area contributed by atoms with E-state index >= 15 is 0 Å². The molecule has 0 bridgehead atoms. The van der Waals surface area contributed by atoms with Gasteiger partial charge in [0, 0.05) is 12.5 Å². The Hall–Kier alpha value is -1.32. The van der Waals surface area contributed by atoms with Crippen molar-refractivity contribution in [1.82, 2.24) is 10.3 Å². The Morgan fingerprint density at radius 1 is 1.33 bits per heavy atom. The predicted octanol–water partition coefficient (Wildman–Crippen LogP) is 3.14. The van der Waals surface area contributed by atoms with Crippen LogP contribution in [0.25, 0.3) is 0 Å². The molecule has 0 atom stereocenters. The first kappa shape index (κ1) is 24.9. The molecule has 0 spiro atoms. The lowest BCUT2D eigenvalue weighted by Gasteiger charge is -2.15. The number of halogens is 6. The number of nitrogens with zero attached hydrogens (tertiary/aromatic N) is 1. The van der Waals surface area contributed by atoms with E-state index in [0.29, 0.717) is 25.1 Å². The smallest absolute Gasteiger partial charge is 0.340 e. The number of rotatable bonds is 9. The molecule has 0 saturated heterocycles. The summed E-state index contributed by atoms with van der Waals surface area (Å²) < 4.78 is 53.7. The zero-order valence-corrected chi connectivity index (χ0v) is 14.4. The molecule has 5 nitrogen and oxygen atoms in total. The van der Waals surface area contributed by atoms with Crippen molar-refractivity contribution in [3.05, 3.63) is 18.3 Å². The Morgan fingerprint density at radius 3 is 2.50 bits per heavy atom. The molecule has 0 radical (unpaired) electrons. The van der Waals surface area contributed by atoms with Crippen molar-refractivity contribution in [1.29, 1.82) is 0 Å². The summed E-state index contributed by atoms with van der Waals surface area (Å²) in [5.41, 5.74) is 0.363. The van der Waals surface area contributed by atoms with E-state index in [0.717, 1.165) is 0 Å². The van der Waals surface area contributed by atoms with Crippen LogP contribution in [-0.2, 0) is 4.79 Å². The molecule has 140 valence electrons. The van der Waals surface area contributed by atoms with Gasteiger partial charge in [0.25, 0.3) is 0 Å². The minimum atomic E-state index is -4.23. The summed E-state index contributed by atoms with van der Waals surface area (Å²) in [5, 5.41) is 5.47. The summed E-state index contributed by atoms with van der Waals surface area (Å²) in [6.07, 6.45) is -1.62.